The molecule has 1 aliphatic rings. The van der Waals surface area contributed by atoms with Crippen LogP contribution in [0.25, 0.3) is 0 Å². The SMILES string of the molecule is CC(C)(C)OC(=O)N1CCc2cc(NC(=O)Nc3cccc(OC(F)(F)F)c3)ccc2C1. The lowest BCUT2D eigenvalue weighted by atomic mass is 9.99. The average Bonchev–Trinajstić information content (AvgIpc) is 2.65. The number of nitrogens with zero attached hydrogens (tertiary/aromatic N) is 1. The second-order valence-corrected chi connectivity index (χ2v) is 8.29. The van der Waals surface area contributed by atoms with Crippen molar-refractivity contribution in [2.45, 2.75) is 45.7 Å². The number of benzene rings is 2. The van der Waals surface area contributed by atoms with Crippen LogP contribution >= 0.6 is 0 Å². The Bertz CT molecular complexity index is 1000. The van der Waals surface area contributed by atoms with Crippen LogP contribution in [-0.2, 0) is 17.7 Å². The summed E-state index contributed by atoms with van der Waals surface area (Å²) in [4.78, 5) is 26.2. The fourth-order valence-electron chi connectivity index (χ4n) is 3.18. The van der Waals surface area contributed by atoms with Gasteiger partial charge in [-0.05, 0) is 62.6 Å². The van der Waals surface area contributed by atoms with Gasteiger partial charge in [-0.2, -0.15) is 0 Å². The third kappa shape index (κ3) is 6.79. The number of ether oxygens (including phenoxy) is 2. The van der Waals surface area contributed by atoms with Crippen molar-refractivity contribution in [3.63, 3.8) is 0 Å². The van der Waals surface area contributed by atoms with Gasteiger partial charge in [0.15, 0.2) is 0 Å². The van der Waals surface area contributed by atoms with Crippen molar-refractivity contribution in [1.29, 1.82) is 0 Å². The van der Waals surface area contributed by atoms with E-state index < -0.39 is 23.7 Å². The summed E-state index contributed by atoms with van der Waals surface area (Å²) in [6.07, 6.45) is -4.59. The molecule has 7 nitrogen and oxygen atoms in total. The molecule has 32 heavy (non-hydrogen) atoms. The first-order valence-electron chi connectivity index (χ1n) is 9.91. The molecule has 0 aliphatic carbocycles. The van der Waals surface area contributed by atoms with Gasteiger partial charge in [-0.3, -0.25) is 0 Å². The predicted molar refractivity (Wildman–Crippen MR) is 113 cm³/mol. The van der Waals surface area contributed by atoms with Gasteiger partial charge in [0.25, 0.3) is 0 Å². The maximum absolute atomic E-state index is 12.4. The first-order valence-corrected chi connectivity index (χ1v) is 9.91. The van der Waals surface area contributed by atoms with Crippen LogP contribution in [-0.4, -0.2) is 35.5 Å². The van der Waals surface area contributed by atoms with E-state index in [0.717, 1.165) is 23.3 Å². The fraction of sp³-hybridized carbons (Fsp3) is 0.364. The maximum Gasteiger partial charge on any atom is 0.573 e. The highest BCUT2D eigenvalue weighted by atomic mass is 19.4. The molecule has 0 spiro atoms. The van der Waals surface area contributed by atoms with Gasteiger partial charge >= 0.3 is 18.5 Å². The van der Waals surface area contributed by atoms with Crippen LogP contribution in [0, 0.1) is 0 Å². The lowest BCUT2D eigenvalue weighted by Crippen LogP contribution is -2.39. The molecular weight excluding hydrogens is 427 g/mol. The Labute approximate surface area is 183 Å². The van der Waals surface area contributed by atoms with Crippen molar-refractivity contribution >= 4 is 23.5 Å². The van der Waals surface area contributed by atoms with Crippen LogP contribution in [0.2, 0.25) is 0 Å². The lowest BCUT2D eigenvalue weighted by molar-refractivity contribution is -0.274. The van der Waals surface area contributed by atoms with E-state index in [0.29, 0.717) is 25.2 Å². The highest BCUT2D eigenvalue weighted by Crippen LogP contribution is 2.26. The minimum Gasteiger partial charge on any atom is -0.444 e. The van der Waals surface area contributed by atoms with E-state index in [4.69, 9.17) is 4.74 Å². The van der Waals surface area contributed by atoms with Crippen LogP contribution in [0.15, 0.2) is 42.5 Å². The van der Waals surface area contributed by atoms with E-state index in [1.54, 1.807) is 11.0 Å². The molecule has 0 fully saturated rings. The van der Waals surface area contributed by atoms with Crippen molar-refractivity contribution < 1.29 is 32.2 Å². The van der Waals surface area contributed by atoms with Gasteiger partial charge in [0.2, 0.25) is 0 Å². The van der Waals surface area contributed by atoms with E-state index >= 15 is 0 Å². The van der Waals surface area contributed by atoms with E-state index in [9.17, 15) is 22.8 Å². The van der Waals surface area contributed by atoms with Crippen LogP contribution in [0.4, 0.5) is 34.1 Å². The zero-order chi connectivity index (χ0) is 23.5. The van der Waals surface area contributed by atoms with Crippen LogP contribution in [0.3, 0.4) is 0 Å². The summed E-state index contributed by atoms with van der Waals surface area (Å²) < 4.78 is 46.3. The predicted octanol–water partition coefficient (Wildman–Crippen LogP) is 5.52. The van der Waals surface area contributed by atoms with E-state index in [1.165, 1.54) is 12.1 Å². The van der Waals surface area contributed by atoms with Crippen molar-refractivity contribution in [1.82, 2.24) is 4.90 Å². The first-order chi connectivity index (χ1) is 14.9. The van der Waals surface area contributed by atoms with Crippen molar-refractivity contribution in [2.75, 3.05) is 17.2 Å². The number of halogens is 3. The Morgan fingerprint density at radius 3 is 2.31 bits per heavy atom. The standard InChI is InChI=1S/C22H24F3N3O4/c1-21(2,3)32-20(30)28-10-9-14-11-17(8-7-15(14)13-28)27-19(29)26-16-5-4-6-18(12-16)31-22(23,24)25/h4-8,11-12H,9-10,13H2,1-3H3,(H2,26,27,29). The molecule has 2 aromatic rings. The summed E-state index contributed by atoms with van der Waals surface area (Å²) in [6, 6.07) is 9.71. The maximum atomic E-state index is 12.4. The summed E-state index contributed by atoms with van der Waals surface area (Å²) in [5, 5.41) is 5.13. The molecule has 2 N–H and O–H groups in total. The quantitative estimate of drug-likeness (QED) is 0.644. The Kier molecular flexibility index (Phi) is 6.52. The lowest BCUT2D eigenvalue weighted by Gasteiger charge is -2.31. The van der Waals surface area contributed by atoms with Gasteiger partial charge in [-0.1, -0.05) is 12.1 Å². The third-order valence-electron chi connectivity index (χ3n) is 4.45. The monoisotopic (exact) mass is 451 g/mol. The number of fused-ring (bicyclic) bond motifs is 1. The number of carbonyl (C=O) groups is 2. The molecule has 0 aromatic heterocycles. The fourth-order valence-corrected chi connectivity index (χ4v) is 3.18. The summed E-state index contributed by atoms with van der Waals surface area (Å²) >= 11 is 0. The largest absolute Gasteiger partial charge is 0.573 e. The highest BCUT2D eigenvalue weighted by Gasteiger charge is 2.31. The topological polar surface area (TPSA) is 79.9 Å². The number of hydrogen-bond acceptors (Lipinski definition) is 4. The number of hydrogen-bond donors (Lipinski definition) is 2. The molecule has 0 atom stereocenters. The second kappa shape index (κ2) is 8.97. The normalized spacial score (nSPS) is 13.8. The summed E-state index contributed by atoms with van der Waals surface area (Å²) in [5.41, 5.74) is 2.04. The van der Waals surface area contributed by atoms with Crippen molar-refractivity contribution in [3.8, 4) is 5.75 Å². The van der Waals surface area contributed by atoms with Crippen LogP contribution < -0.4 is 15.4 Å². The van der Waals surface area contributed by atoms with Crippen LogP contribution in [0.1, 0.15) is 31.9 Å². The number of nitrogens with one attached hydrogen (secondary N) is 2. The zero-order valence-electron chi connectivity index (χ0n) is 17.9. The Balaban J connectivity index is 1.60. The van der Waals surface area contributed by atoms with Gasteiger partial charge in [-0.25, -0.2) is 9.59 Å². The van der Waals surface area contributed by atoms with Gasteiger partial charge in [0, 0.05) is 30.5 Å². The van der Waals surface area contributed by atoms with Gasteiger partial charge in [0.05, 0.1) is 0 Å². The van der Waals surface area contributed by atoms with Gasteiger partial charge < -0.3 is 25.0 Å². The molecule has 0 unspecified atom stereocenters. The van der Waals surface area contributed by atoms with Gasteiger partial charge in [-0.15, -0.1) is 13.2 Å². The number of urea groups is 1. The molecule has 0 radical (unpaired) electrons. The zero-order valence-corrected chi connectivity index (χ0v) is 17.9. The molecule has 172 valence electrons. The van der Waals surface area contributed by atoms with Crippen LogP contribution in [0.5, 0.6) is 5.75 Å². The smallest absolute Gasteiger partial charge is 0.444 e. The number of carbonyl (C=O) groups excluding carboxylic acids is 2. The number of rotatable bonds is 3. The Hall–Kier alpha value is -3.43. The molecular formula is C22H24F3N3O4. The number of anilines is 2. The molecule has 10 heteroatoms. The highest BCUT2D eigenvalue weighted by molar-refractivity contribution is 5.99. The molecule has 3 amide bonds. The third-order valence-corrected chi connectivity index (χ3v) is 4.45. The minimum absolute atomic E-state index is 0.148. The van der Waals surface area contributed by atoms with E-state index in [-0.39, 0.29) is 11.8 Å². The summed E-state index contributed by atoms with van der Waals surface area (Å²) in [6.45, 7) is 6.33. The molecule has 1 aliphatic heterocycles. The number of amides is 3. The Morgan fingerprint density at radius 2 is 1.66 bits per heavy atom. The van der Waals surface area contributed by atoms with Crippen molar-refractivity contribution in [3.05, 3.63) is 53.6 Å². The first kappa shape index (κ1) is 23.2. The van der Waals surface area contributed by atoms with Crippen molar-refractivity contribution in [2.24, 2.45) is 0 Å². The number of alkyl halides is 3. The van der Waals surface area contributed by atoms with E-state index in [2.05, 4.69) is 15.4 Å². The Morgan fingerprint density at radius 1 is 0.969 bits per heavy atom. The molecule has 2 aromatic carbocycles. The minimum atomic E-state index is -4.82. The van der Waals surface area contributed by atoms with Gasteiger partial charge in [0.1, 0.15) is 11.4 Å². The van der Waals surface area contributed by atoms with E-state index in [1.807, 2.05) is 32.9 Å². The molecule has 0 saturated heterocycles. The molecule has 1 heterocycles. The average molecular weight is 451 g/mol. The summed E-state index contributed by atoms with van der Waals surface area (Å²) in [7, 11) is 0. The molecule has 0 bridgehead atoms. The second-order valence-electron chi connectivity index (χ2n) is 8.29. The molecule has 3 rings (SSSR count). The summed E-state index contributed by atoms with van der Waals surface area (Å²) in [5.74, 6) is -0.432. The molecule has 0 saturated carbocycles.